The fourth-order valence-corrected chi connectivity index (χ4v) is 4.66. The number of alkyl halides is 3. The normalized spacial score (nSPS) is 20.5. The Balaban J connectivity index is 1.59. The molecule has 0 bridgehead atoms. The van der Waals surface area contributed by atoms with Crippen LogP contribution in [0.1, 0.15) is 18.4 Å². The molecule has 0 aliphatic carbocycles. The van der Waals surface area contributed by atoms with Gasteiger partial charge < -0.3 is 14.5 Å². The average molecular weight is 463 g/mol. The molecule has 1 aromatic carbocycles. The molecule has 0 radical (unpaired) electrons. The Labute approximate surface area is 178 Å². The molecule has 0 saturated carbocycles. The van der Waals surface area contributed by atoms with E-state index in [1.54, 1.807) is 4.90 Å². The molecular weight excluding hydrogens is 439 g/mol. The van der Waals surface area contributed by atoms with Crippen LogP contribution in [0.5, 0.6) is 0 Å². The number of morpholine rings is 1. The average Bonchev–Trinajstić information content (AvgIpc) is 2.77. The van der Waals surface area contributed by atoms with Crippen LogP contribution in [0.25, 0.3) is 0 Å². The molecule has 1 aromatic rings. The number of hydrogen-bond acceptors (Lipinski definition) is 5. The number of sulfonamides is 1. The van der Waals surface area contributed by atoms with Gasteiger partial charge in [0.15, 0.2) is 0 Å². The summed E-state index contributed by atoms with van der Waals surface area (Å²) in [6, 6.07) is 3.31. The third-order valence-electron chi connectivity index (χ3n) is 5.33. The van der Waals surface area contributed by atoms with Crippen LogP contribution in [0.3, 0.4) is 0 Å². The summed E-state index contributed by atoms with van der Waals surface area (Å²) in [6.45, 7) is 1.91. The van der Waals surface area contributed by atoms with Crippen molar-refractivity contribution < 1.29 is 35.9 Å². The molecule has 2 saturated heterocycles. The zero-order chi connectivity index (χ0) is 22.6. The van der Waals surface area contributed by atoms with Gasteiger partial charge in [0.2, 0.25) is 21.8 Å². The molecule has 2 aliphatic heterocycles. The maximum absolute atomic E-state index is 12.8. The second-order valence-corrected chi connectivity index (χ2v) is 9.23. The van der Waals surface area contributed by atoms with Crippen molar-refractivity contribution in [3.8, 4) is 0 Å². The molecule has 2 aliphatic rings. The van der Waals surface area contributed by atoms with E-state index in [9.17, 15) is 31.2 Å². The number of carbonyl (C=O) groups excluding carboxylic acids is 2. The predicted molar refractivity (Wildman–Crippen MR) is 103 cm³/mol. The lowest BCUT2D eigenvalue weighted by Gasteiger charge is -2.36. The predicted octanol–water partition coefficient (Wildman–Crippen LogP) is 1.08. The molecule has 172 valence electrons. The largest absolute Gasteiger partial charge is 0.416 e. The first-order chi connectivity index (χ1) is 14.6. The fraction of sp³-hybridized carbons (Fsp3) is 0.579. The summed E-state index contributed by atoms with van der Waals surface area (Å²) < 4.78 is 70.5. The van der Waals surface area contributed by atoms with Gasteiger partial charge in [0.05, 0.1) is 36.1 Å². The molecular formula is C19H24F3N3O5S. The fourth-order valence-electron chi connectivity index (χ4n) is 3.64. The summed E-state index contributed by atoms with van der Waals surface area (Å²) in [5.74, 6) is -0.948. The highest BCUT2D eigenvalue weighted by molar-refractivity contribution is 7.89. The maximum atomic E-state index is 12.8. The van der Waals surface area contributed by atoms with Crippen molar-refractivity contribution in [2.45, 2.75) is 23.9 Å². The van der Waals surface area contributed by atoms with Crippen molar-refractivity contribution in [3.63, 3.8) is 0 Å². The zero-order valence-corrected chi connectivity index (χ0v) is 17.5. The number of nitrogens with one attached hydrogen (secondary N) is 1. The summed E-state index contributed by atoms with van der Waals surface area (Å²) in [4.78, 5) is 27.7. The van der Waals surface area contributed by atoms with Gasteiger partial charge in [0.1, 0.15) is 0 Å². The Kier molecular flexibility index (Phi) is 7.22. The number of hydrogen-bond donors (Lipinski definition) is 1. The van der Waals surface area contributed by atoms with E-state index in [1.807, 2.05) is 0 Å². The molecule has 1 unspecified atom stereocenters. The molecule has 12 heteroatoms. The molecule has 2 fully saturated rings. The van der Waals surface area contributed by atoms with Gasteiger partial charge in [-0.1, -0.05) is 6.07 Å². The lowest BCUT2D eigenvalue weighted by atomic mass is 9.96. The third-order valence-corrected chi connectivity index (χ3v) is 6.73. The van der Waals surface area contributed by atoms with Crippen LogP contribution in [0.4, 0.5) is 13.2 Å². The van der Waals surface area contributed by atoms with E-state index in [4.69, 9.17) is 4.74 Å². The molecule has 2 amide bonds. The third kappa shape index (κ3) is 5.95. The zero-order valence-electron chi connectivity index (χ0n) is 16.7. The molecule has 8 nitrogen and oxygen atoms in total. The van der Waals surface area contributed by atoms with Gasteiger partial charge in [-0.05, 0) is 31.0 Å². The standard InChI is InChI=1S/C19H24F3N3O5S/c20-19(21,22)15-4-1-5-16(11-15)31(28,29)23-12-17(26)25-6-2-3-14(13-25)18(27)24-7-9-30-10-8-24/h1,4-5,11,14,23H,2-3,6-10,12-13H2. The Hall–Kier alpha value is -2.18. The van der Waals surface area contributed by atoms with Crippen LogP contribution in [0.2, 0.25) is 0 Å². The first-order valence-corrected chi connectivity index (χ1v) is 11.4. The van der Waals surface area contributed by atoms with Crippen LogP contribution < -0.4 is 4.72 Å². The smallest absolute Gasteiger partial charge is 0.378 e. The van der Waals surface area contributed by atoms with E-state index in [0.717, 1.165) is 18.2 Å². The quantitative estimate of drug-likeness (QED) is 0.705. The van der Waals surface area contributed by atoms with Crippen LogP contribution >= 0.6 is 0 Å². The Morgan fingerprint density at radius 3 is 2.52 bits per heavy atom. The highest BCUT2D eigenvalue weighted by Crippen LogP contribution is 2.30. The number of carbonyl (C=O) groups is 2. The van der Waals surface area contributed by atoms with Gasteiger partial charge in [-0.2, -0.15) is 13.2 Å². The molecule has 31 heavy (non-hydrogen) atoms. The van der Waals surface area contributed by atoms with E-state index in [1.165, 1.54) is 4.90 Å². The molecule has 0 aromatic heterocycles. The van der Waals surface area contributed by atoms with Gasteiger partial charge in [-0.3, -0.25) is 9.59 Å². The van der Waals surface area contributed by atoms with Crippen molar-refractivity contribution in [1.82, 2.24) is 14.5 Å². The van der Waals surface area contributed by atoms with Crippen molar-refractivity contribution in [2.24, 2.45) is 5.92 Å². The summed E-state index contributed by atoms with van der Waals surface area (Å²) >= 11 is 0. The minimum absolute atomic E-state index is 0.0506. The lowest BCUT2D eigenvalue weighted by Crippen LogP contribution is -2.51. The highest BCUT2D eigenvalue weighted by atomic mass is 32.2. The van der Waals surface area contributed by atoms with Crippen molar-refractivity contribution >= 4 is 21.8 Å². The minimum atomic E-state index is -4.68. The topological polar surface area (TPSA) is 96.0 Å². The molecule has 3 rings (SSSR count). The molecule has 1 atom stereocenters. The Bertz CT molecular complexity index is 917. The Morgan fingerprint density at radius 1 is 1.13 bits per heavy atom. The minimum Gasteiger partial charge on any atom is -0.378 e. The number of amides is 2. The first-order valence-electron chi connectivity index (χ1n) is 9.89. The number of rotatable bonds is 5. The van der Waals surface area contributed by atoms with E-state index in [0.29, 0.717) is 51.8 Å². The number of likely N-dealkylation sites (tertiary alicyclic amines) is 1. The maximum Gasteiger partial charge on any atom is 0.416 e. The van der Waals surface area contributed by atoms with Crippen molar-refractivity contribution in [1.29, 1.82) is 0 Å². The van der Waals surface area contributed by atoms with E-state index < -0.39 is 39.1 Å². The van der Waals surface area contributed by atoms with Crippen molar-refractivity contribution in [2.75, 3.05) is 45.9 Å². The second-order valence-electron chi connectivity index (χ2n) is 7.47. The van der Waals surface area contributed by atoms with Gasteiger partial charge in [-0.15, -0.1) is 0 Å². The highest BCUT2D eigenvalue weighted by Gasteiger charge is 2.33. The van der Waals surface area contributed by atoms with E-state index in [-0.39, 0.29) is 18.4 Å². The number of halogens is 3. The SMILES string of the molecule is O=C(CNS(=O)(=O)c1cccc(C(F)(F)F)c1)N1CCCC(C(=O)N2CCOCC2)C1. The lowest BCUT2D eigenvalue weighted by molar-refractivity contribution is -0.143. The monoisotopic (exact) mass is 463 g/mol. The van der Waals surface area contributed by atoms with Crippen LogP contribution in [0, 0.1) is 5.92 Å². The van der Waals surface area contributed by atoms with Gasteiger partial charge in [-0.25, -0.2) is 13.1 Å². The van der Waals surface area contributed by atoms with Crippen LogP contribution in [-0.2, 0) is 30.5 Å². The Morgan fingerprint density at radius 2 is 1.84 bits per heavy atom. The number of ether oxygens (including phenoxy) is 1. The number of benzene rings is 1. The van der Waals surface area contributed by atoms with Crippen LogP contribution in [-0.4, -0.2) is 76.0 Å². The van der Waals surface area contributed by atoms with Gasteiger partial charge in [0, 0.05) is 26.2 Å². The first kappa shape index (κ1) is 23.5. The summed E-state index contributed by atoms with van der Waals surface area (Å²) in [6.07, 6.45) is -3.44. The second kappa shape index (κ2) is 9.53. The van der Waals surface area contributed by atoms with Crippen LogP contribution in [0.15, 0.2) is 29.2 Å². The summed E-state index contributed by atoms with van der Waals surface area (Å²) in [5.41, 5.74) is -1.10. The number of nitrogens with zero attached hydrogens (tertiary/aromatic N) is 2. The summed E-state index contributed by atoms with van der Waals surface area (Å²) in [5, 5.41) is 0. The van der Waals surface area contributed by atoms with Crippen molar-refractivity contribution in [3.05, 3.63) is 29.8 Å². The molecule has 2 heterocycles. The summed E-state index contributed by atoms with van der Waals surface area (Å²) in [7, 11) is -4.31. The molecule has 1 N–H and O–H groups in total. The van der Waals surface area contributed by atoms with E-state index in [2.05, 4.69) is 4.72 Å². The number of piperidine rings is 1. The van der Waals surface area contributed by atoms with E-state index >= 15 is 0 Å². The molecule has 0 spiro atoms. The van der Waals surface area contributed by atoms with Gasteiger partial charge >= 0.3 is 6.18 Å². The van der Waals surface area contributed by atoms with Gasteiger partial charge in [0.25, 0.3) is 0 Å².